The Bertz CT molecular complexity index is 609. The Morgan fingerprint density at radius 2 is 1.42 bits per heavy atom. The van der Waals surface area contributed by atoms with Gasteiger partial charge in [0.1, 0.15) is 12.4 Å². The highest BCUT2D eigenvalue weighted by Crippen LogP contribution is 2.23. The molecule has 0 aromatic heterocycles. The van der Waals surface area contributed by atoms with Crippen molar-refractivity contribution in [3.8, 4) is 5.75 Å². The van der Waals surface area contributed by atoms with Crippen molar-refractivity contribution >= 4 is 12.4 Å². The van der Waals surface area contributed by atoms with Crippen LogP contribution in [0.25, 0.3) is 6.08 Å². The third kappa shape index (κ3) is 16.6. The van der Waals surface area contributed by atoms with E-state index < -0.39 is 0 Å². The van der Waals surface area contributed by atoms with Gasteiger partial charge in [0, 0.05) is 12.2 Å². The van der Waals surface area contributed by atoms with E-state index in [9.17, 15) is 0 Å². The molecule has 3 nitrogen and oxygen atoms in total. The molecule has 0 radical (unpaired) electrons. The zero-order chi connectivity index (χ0) is 23.8. The van der Waals surface area contributed by atoms with Gasteiger partial charge in [0.25, 0.3) is 6.29 Å². The second kappa shape index (κ2) is 22.2. The predicted molar refractivity (Wildman–Crippen MR) is 144 cm³/mol. The van der Waals surface area contributed by atoms with E-state index >= 15 is 0 Å². The largest absolute Gasteiger partial charge is 0.491 e. The van der Waals surface area contributed by atoms with Gasteiger partial charge in [-0.15, -0.1) is 0 Å². The summed E-state index contributed by atoms with van der Waals surface area (Å²) in [7, 11) is 0. The Labute approximate surface area is 204 Å². The molecule has 1 N–H and O–H groups in total. The number of hydrogen-bond donors (Lipinski definition) is 0. The SMILES string of the molecule is C/C=C\c1cc(CCCCCCCCC)ccc1OCCOCCCCCCCCCC=[OH+]. The summed E-state index contributed by atoms with van der Waals surface area (Å²) in [5.74, 6) is 0.957. The van der Waals surface area contributed by atoms with Gasteiger partial charge in [-0.25, -0.2) is 0 Å². The predicted octanol–water partition coefficient (Wildman–Crippen LogP) is 8.70. The average Bonchev–Trinajstić information content (AvgIpc) is 2.82. The second-order valence-electron chi connectivity index (χ2n) is 9.15. The first-order valence-electron chi connectivity index (χ1n) is 13.7. The van der Waals surface area contributed by atoms with Gasteiger partial charge in [0.05, 0.1) is 13.0 Å². The molecular formula is C30H51O3+. The molecule has 1 aromatic rings. The number of aldehydes is 1. The highest BCUT2D eigenvalue weighted by molar-refractivity contribution is 5.58. The van der Waals surface area contributed by atoms with Crippen molar-refractivity contribution in [3.05, 3.63) is 35.4 Å². The van der Waals surface area contributed by atoms with E-state index in [0.29, 0.717) is 13.2 Å². The molecule has 0 fully saturated rings. The normalized spacial score (nSPS) is 11.3. The summed E-state index contributed by atoms with van der Waals surface area (Å²) < 4.78 is 11.8. The molecule has 0 atom stereocenters. The lowest BCUT2D eigenvalue weighted by Gasteiger charge is -2.12. The molecule has 0 saturated carbocycles. The first-order chi connectivity index (χ1) is 16.3. The molecule has 0 saturated heterocycles. The molecule has 0 amide bonds. The summed E-state index contributed by atoms with van der Waals surface area (Å²) in [6.45, 7) is 6.40. The fourth-order valence-corrected chi connectivity index (χ4v) is 4.12. The average molecular weight is 460 g/mol. The number of benzene rings is 1. The van der Waals surface area contributed by atoms with Crippen LogP contribution in [0.3, 0.4) is 0 Å². The molecule has 0 unspecified atom stereocenters. The smallest absolute Gasteiger partial charge is 0.281 e. The molecule has 0 spiro atoms. The number of allylic oxidation sites excluding steroid dienone is 1. The third-order valence-corrected chi connectivity index (χ3v) is 6.10. The van der Waals surface area contributed by atoms with Crippen LogP contribution < -0.4 is 4.74 Å². The van der Waals surface area contributed by atoms with Crippen molar-refractivity contribution in [1.29, 1.82) is 0 Å². The monoisotopic (exact) mass is 459 g/mol. The maximum Gasteiger partial charge on any atom is 0.281 e. The zero-order valence-corrected chi connectivity index (χ0v) is 21.7. The summed E-state index contributed by atoms with van der Waals surface area (Å²) in [5.41, 5.74) is 2.59. The zero-order valence-electron chi connectivity index (χ0n) is 21.7. The number of hydrogen-bond acceptors (Lipinski definition) is 2. The van der Waals surface area contributed by atoms with Crippen molar-refractivity contribution in [2.45, 2.75) is 117 Å². The maximum absolute atomic E-state index is 8.65. The van der Waals surface area contributed by atoms with Gasteiger partial charge in [-0.1, -0.05) is 95.8 Å². The van der Waals surface area contributed by atoms with Gasteiger partial charge in [0.2, 0.25) is 0 Å². The summed E-state index contributed by atoms with van der Waals surface area (Å²) >= 11 is 0. The fourth-order valence-electron chi connectivity index (χ4n) is 4.12. The van der Waals surface area contributed by atoms with Crippen molar-refractivity contribution in [2.75, 3.05) is 19.8 Å². The van der Waals surface area contributed by atoms with Crippen molar-refractivity contribution in [2.24, 2.45) is 0 Å². The number of carbonyl (C=O) groups excluding carboxylic acids is 1. The Morgan fingerprint density at radius 1 is 0.758 bits per heavy atom. The van der Waals surface area contributed by atoms with Crippen LogP contribution in [0.15, 0.2) is 24.3 Å². The molecule has 0 aliphatic carbocycles. The molecule has 0 aliphatic rings. The van der Waals surface area contributed by atoms with Crippen molar-refractivity contribution in [1.82, 2.24) is 0 Å². The van der Waals surface area contributed by atoms with Crippen LogP contribution in [0.4, 0.5) is 0 Å². The standard InChI is InChI=1S/C30H50O3/c1-3-5-6-7-10-13-16-20-28-21-22-30(29(27-28)19-4-2)33-26-25-32-24-18-15-12-9-8-11-14-17-23-31/h4,19,21-23,27H,3,5-18,20,24-26H2,1-2H3/p+1/b19-4-. The van der Waals surface area contributed by atoms with Crippen molar-refractivity contribution in [3.63, 3.8) is 0 Å². The van der Waals surface area contributed by atoms with Crippen LogP contribution >= 0.6 is 0 Å². The van der Waals surface area contributed by atoms with Crippen molar-refractivity contribution < 1.29 is 14.3 Å². The Balaban J connectivity index is 2.15. The quantitative estimate of drug-likeness (QED) is 0.0932. The van der Waals surface area contributed by atoms with Crippen LogP contribution in [0.5, 0.6) is 5.75 Å². The van der Waals surface area contributed by atoms with Crippen LogP contribution in [-0.2, 0) is 11.2 Å². The van der Waals surface area contributed by atoms with Crippen LogP contribution in [0.2, 0.25) is 0 Å². The van der Waals surface area contributed by atoms with Gasteiger partial charge in [-0.05, 0) is 50.3 Å². The van der Waals surface area contributed by atoms with E-state index in [4.69, 9.17) is 14.3 Å². The van der Waals surface area contributed by atoms with E-state index in [2.05, 4.69) is 44.2 Å². The minimum absolute atomic E-state index is 0.601. The second-order valence-corrected chi connectivity index (χ2v) is 9.15. The van der Waals surface area contributed by atoms with E-state index in [1.807, 2.05) is 0 Å². The molecule has 33 heavy (non-hydrogen) atoms. The highest BCUT2D eigenvalue weighted by Gasteiger charge is 2.04. The van der Waals surface area contributed by atoms with E-state index in [0.717, 1.165) is 38.0 Å². The lowest BCUT2D eigenvalue weighted by molar-refractivity contribution is 0.0970. The molecule has 1 rings (SSSR count). The van der Waals surface area contributed by atoms with Gasteiger partial charge in [-0.2, -0.15) is 0 Å². The van der Waals surface area contributed by atoms with E-state index in [1.54, 1.807) is 0 Å². The minimum atomic E-state index is 0.601. The molecule has 1 aromatic carbocycles. The summed E-state index contributed by atoms with van der Waals surface area (Å²) in [5, 5.41) is 0. The highest BCUT2D eigenvalue weighted by atomic mass is 16.5. The molecule has 0 heterocycles. The topological polar surface area (TPSA) is 39.9 Å². The van der Waals surface area contributed by atoms with E-state index in [-0.39, 0.29) is 0 Å². The van der Waals surface area contributed by atoms with Gasteiger partial charge >= 0.3 is 0 Å². The molecule has 3 heteroatoms. The van der Waals surface area contributed by atoms with Gasteiger partial charge in [-0.3, -0.25) is 4.79 Å². The lowest BCUT2D eigenvalue weighted by Crippen LogP contribution is -2.08. The Kier molecular flexibility index (Phi) is 19.8. The number of unbranched alkanes of at least 4 members (excludes halogenated alkanes) is 13. The van der Waals surface area contributed by atoms with Crippen LogP contribution in [-0.4, -0.2) is 30.9 Å². The first-order valence-corrected chi connectivity index (χ1v) is 13.7. The third-order valence-electron chi connectivity index (χ3n) is 6.10. The maximum atomic E-state index is 8.65. The van der Waals surface area contributed by atoms with Gasteiger partial charge in [0.15, 0.2) is 0 Å². The van der Waals surface area contributed by atoms with Crippen LogP contribution in [0.1, 0.15) is 121 Å². The first kappa shape index (κ1) is 29.4. The van der Waals surface area contributed by atoms with Crippen LogP contribution in [0, 0.1) is 0 Å². The summed E-state index contributed by atoms with van der Waals surface area (Å²) in [4.78, 5) is 8.65. The number of aryl methyl sites for hydroxylation is 1. The minimum Gasteiger partial charge on any atom is -0.491 e. The van der Waals surface area contributed by atoms with Gasteiger partial charge < -0.3 is 9.47 Å². The molecule has 188 valence electrons. The fraction of sp³-hybridized carbons (Fsp3) is 0.700. The molecule has 0 aliphatic heterocycles. The molecular weight excluding hydrogens is 408 g/mol. The lowest BCUT2D eigenvalue weighted by atomic mass is 10.0. The summed E-state index contributed by atoms with van der Waals surface area (Å²) in [6, 6.07) is 6.64. The molecule has 0 bridgehead atoms. The summed E-state index contributed by atoms with van der Waals surface area (Å²) in [6.07, 6.45) is 25.5. The number of rotatable bonds is 23. The Morgan fingerprint density at radius 3 is 2.12 bits per heavy atom. The number of ether oxygens (including phenoxy) is 2. The van der Waals surface area contributed by atoms with E-state index in [1.165, 1.54) is 94.5 Å². The Hall–Kier alpha value is -1.61.